The quantitative estimate of drug-likeness (QED) is 0.515. The third kappa shape index (κ3) is 5.79. The number of carbonyl (C=O) groups excluding carboxylic acids is 1. The highest BCUT2D eigenvalue weighted by Gasteiger charge is 2.19. The van der Waals surface area contributed by atoms with Gasteiger partial charge in [-0.05, 0) is 55.0 Å². The number of primary sulfonamides is 1. The standard InChI is InChI=1S/C19H24N4O5S2/c1-27-18(24)17-8-5-15(28-17)13-22-9-2-10-23(12-11-22)19(29)21-14-3-6-16(7-4-14)30(20,25)26/h3-8H,2,9-13H2,1H3,(H,21,29)(H2,20,25,26). The van der Waals surface area contributed by atoms with E-state index in [4.69, 9.17) is 21.8 Å². The van der Waals surface area contributed by atoms with E-state index in [1.807, 2.05) is 0 Å². The van der Waals surface area contributed by atoms with Crippen LogP contribution >= 0.6 is 12.2 Å². The Balaban J connectivity index is 1.53. The zero-order valence-corrected chi connectivity index (χ0v) is 18.2. The lowest BCUT2D eigenvalue weighted by molar-refractivity contribution is 0.0561. The number of sulfonamides is 1. The number of nitrogens with zero attached hydrogens (tertiary/aromatic N) is 2. The van der Waals surface area contributed by atoms with Gasteiger partial charge in [-0.1, -0.05) is 0 Å². The molecule has 0 spiro atoms. The lowest BCUT2D eigenvalue weighted by atomic mass is 10.3. The lowest BCUT2D eigenvalue weighted by Crippen LogP contribution is -2.37. The molecule has 3 N–H and O–H groups in total. The molecule has 0 bridgehead atoms. The van der Waals surface area contributed by atoms with Crippen LogP contribution in [0.3, 0.4) is 0 Å². The molecule has 0 aliphatic carbocycles. The van der Waals surface area contributed by atoms with E-state index in [0.717, 1.165) is 32.6 Å². The van der Waals surface area contributed by atoms with Crippen molar-refractivity contribution in [3.8, 4) is 0 Å². The van der Waals surface area contributed by atoms with Gasteiger partial charge < -0.3 is 19.4 Å². The maximum absolute atomic E-state index is 11.5. The minimum atomic E-state index is -3.72. The summed E-state index contributed by atoms with van der Waals surface area (Å²) in [6, 6.07) is 9.54. The Labute approximate surface area is 180 Å². The largest absolute Gasteiger partial charge is 0.463 e. The number of rotatable bonds is 5. The van der Waals surface area contributed by atoms with Crippen LogP contribution in [0.2, 0.25) is 0 Å². The summed E-state index contributed by atoms with van der Waals surface area (Å²) in [5.41, 5.74) is 0.694. The second kappa shape index (κ2) is 9.56. The van der Waals surface area contributed by atoms with Crippen LogP contribution in [0.1, 0.15) is 22.7 Å². The second-order valence-corrected chi connectivity index (χ2v) is 8.82. The molecule has 1 aromatic carbocycles. The van der Waals surface area contributed by atoms with E-state index in [0.29, 0.717) is 23.1 Å². The van der Waals surface area contributed by atoms with E-state index < -0.39 is 16.0 Å². The molecule has 3 rings (SSSR count). The summed E-state index contributed by atoms with van der Waals surface area (Å²) in [7, 11) is -2.40. The Kier molecular flexibility index (Phi) is 7.08. The molecule has 0 amide bonds. The number of hydrogen-bond donors (Lipinski definition) is 2. The third-order valence-electron chi connectivity index (χ3n) is 4.74. The van der Waals surface area contributed by atoms with Crippen molar-refractivity contribution in [3.05, 3.63) is 47.9 Å². The first kappa shape index (κ1) is 22.2. The summed E-state index contributed by atoms with van der Waals surface area (Å²) in [6.45, 7) is 3.77. The molecule has 11 heteroatoms. The molecule has 162 valence electrons. The van der Waals surface area contributed by atoms with Gasteiger partial charge in [-0.15, -0.1) is 0 Å². The van der Waals surface area contributed by atoms with E-state index >= 15 is 0 Å². The van der Waals surface area contributed by atoms with Gasteiger partial charge in [0.15, 0.2) is 5.11 Å². The Hall–Kier alpha value is -2.47. The highest BCUT2D eigenvalue weighted by Crippen LogP contribution is 2.16. The highest BCUT2D eigenvalue weighted by atomic mass is 32.2. The SMILES string of the molecule is COC(=O)c1ccc(CN2CCCN(C(=S)Nc3ccc(S(N)(=O)=O)cc3)CC2)o1. The zero-order valence-electron chi connectivity index (χ0n) is 16.5. The zero-order chi connectivity index (χ0) is 21.7. The van der Waals surface area contributed by atoms with Crippen LogP contribution in [-0.4, -0.2) is 62.6 Å². The van der Waals surface area contributed by atoms with Crippen molar-refractivity contribution in [1.29, 1.82) is 0 Å². The molecule has 0 atom stereocenters. The number of thiocarbonyl (C=S) groups is 1. The van der Waals surface area contributed by atoms with Crippen molar-refractivity contribution in [3.63, 3.8) is 0 Å². The molecular formula is C19H24N4O5S2. The fourth-order valence-corrected chi connectivity index (χ4v) is 3.97. The van der Waals surface area contributed by atoms with Gasteiger partial charge in [0, 0.05) is 31.9 Å². The highest BCUT2D eigenvalue weighted by molar-refractivity contribution is 7.89. The number of nitrogens with two attached hydrogens (primary N) is 1. The first-order chi connectivity index (χ1) is 14.3. The number of nitrogens with one attached hydrogen (secondary N) is 1. The summed E-state index contributed by atoms with van der Waals surface area (Å²) < 4.78 is 32.9. The number of furan rings is 1. The van der Waals surface area contributed by atoms with Crippen LogP contribution in [0.5, 0.6) is 0 Å². The molecule has 9 nitrogen and oxygen atoms in total. The number of hydrogen-bond acceptors (Lipinski definition) is 7. The van der Waals surface area contributed by atoms with Crippen molar-refractivity contribution in [2.45, 2.75) is 17.9 Å². The Bertz CT molecular complexity index is 1000. The number of ether oxygens (including phenoxy) is 1. The maximum atomic E-state index is 11.5. The fourth-order valence-electron chi connectivity index (χ4n) is 3.16. The number of benzene rings is 1. The Morgan fingerprint density at radius 2 is 1.90 bits per heavy atom. The predicted molar refractivity (Wildman–Crippen MR) is 116 cm³/mol. The van der Waals surface area contributed by atoms with Gasteiger partial charge in [0.2, 0.25) is 15.8 Å². The number of methoxy groups -OCH3 is 1. The number of anilines is 1. The molecule has 1 fully saturated rings. The summed E-state index contributed by atoms with van der Waals surface area (Å²) in [4.78, 5) is 15.9. The molecule has 0 radical (unpaired) electrons. The van der Waals surface area contributed by atoms with E-state index in [2.05, 4.69) is 19.9 Å². The van der Waals surface area contributed by atoms with Gasteiger partial charge in [-0.25, -0.2) is 18.4 Å². The van der Waals surface area contributed by atoms with Crippen molar-refractivity contribution in [2.24, 2.45) is 5.14 Å². The molecule has 0 unspecified atom stereocenters. The Morgan fingerprint density at radius 3 is 2.57 bits per heavy atom. The molecule has 2 aromatic rings. The molecule has 1 saturated heterocycles. The van der Waals surface area contributed by atoms with Crippen LogP contribution in [-0.2, 0) is 21.3 Å². The van der Waals surface area contributed by atoms with Gasteiger partial charge in [-0.2, -0.15) is 0 Å². The van der Waals surface area contributed by atoms with Crippen molar-refractivity contribution in [2.75, 3.05) is 38.6 Å². The van der Waals surface area contributed by atoms with Gasteiger partial charge in [0.05, 0.1) is 18.6 Å². The minimum absolute atomic E-state index is 0.0534. The summed E-state index contributed by atoms with van der Waals surface area (Å²) >= 11 is 5.52. The summed E-state index contributed by atoms with van der Waals surface area (Å²) in [5.74, 6) is 0.416. The van der Waals surface area contributed by atoms with Crippen molar-refractivity contribution >= 4 is 39.0 Å². The predicted octanol–water partition coefficient (Wildman–Crippen LogP) is 1.62. The average Bonchev–Trinajstić information content (AvgIpc) is 3.04. The molecule has 0 saturated carbocycles. The van der Waals surface area contributed by atoms with Crippen LogP contribution in [0.25, 0.3) is 0 Å². The van der Waals surface area contributed by atoms with E-state index in [9.17, 15) is 13.2 Å². The number of esters is 1. The van der Waals surface area contributed by atoms with Crippen LogP contribution < -0.4 is 10.5 Å². The van der Waals surface area contributed by atoms with Crippen LogP contribution in [0.4, 0.5) is 5.69 Å². The minimum Gasteiger partial charge on any atom is -0.463 e. The second-order valence-electron chi connectivity index (χ2n) is 6.87. The third-order valence-corrected chi connectivity index (χ3v) is 6.03. The summed E-state index contributed by atoms with van der Waals surface area (Å²) in [5, 5.41) is 8.83. The van der Waals surface area contributed by atoms with Gasteiger partial charge in [0.25, 0.3) is 0 Å². The smallest absolute Gasteiger partial charge is 0.373 e. The topological polar surface area (TPSA) is 118 Å². The Morgan fingerprint density at radius 1 is 1.17 bits per heavy atom. The fraction of sp³-hybridized carbons (Fsp3) is 0.368. The number of carbonyl (C=O) groups is 1. The summed E-state index contributed by atoms with van der Waals surface area (Å²) in [6.07, 6.45) is 0.913. The molecule has 2 heterocycles. The van der Waals surface area contributed by atoms with Gasteiger partial charge in [0.1, 0.15) is 5.76 Å². The van der Waals surface area contributed by atoms with Crippen LogP contribution in [0.15, 0.2) is 45.7 Å². The maximum Gasteiger partial charge on any atom is 0.373 e. The average molecular weight is 453 g/mol. The van der Waals surface area contributed by atoms with E-state index in [1.165, 1.54) is 19.2 Å². The molecular weight excluding hydrogens is 428 g/mol. The van der Waals surface area contributed by atoms with Crippen LogP contribution in [0, 0.1) is 0 Å². The van der Waals surface area contributed by atoms with E-state index in [1.54, 1.807) is 24.3 Å². The molecule has 1 aliphatic rings. The van der Waals surface area contributed by atoms with E-state index in [-0.39, 0.29) is 10.7 Å². The normalized spacial score (nSPS) is 15.5. The lowest BCUT2D eigenvalue weighted by Gasteiger charge is -2.24. The molecule has 30 heavy (non-hydrogen) atoms. The monoisotopic (exact) mass is 452 g/mol. The van der Waals surface area contributed by atoms with Crippen molar-refractivity contribution in [1.82, 2.24) is 9.80 Å². The molecule has 1 aliphatic heterocycles. The first-order valence-electron chi connectivity index (χ1n) is 9.34. The van der Waals surface area contributed by atoms with Gasteiger partial charge >= 0.3 is 5.97 Å². The first-order valence-corrected chi connectivity index (χ1v) is 11.3. The van der Waals surface area contributed by atoms with Gasteiger partial charge in [-0.3, -0.25) is 4.90 Å². The molecule has 1 aromatic heterocycles. The van der Waals surface area contributed by atoms with Crippen molar-refractivity contribution < 1.29 is 22.4 Å².